The van der Waals surface area contributed by atoms with E-state index in [-0.39, 0.29) is 0 Å². The molecule has 1 aliphatic carbocycles. The molecule has 0 N–H and O–H groups in total. The minimum Gasteiger partial charge on any atom is -0.371 e. The van der Waals surface area contributed by atoms with E-state index >= 15 is 0 Å². The van der Waals surface area contributed by atoms with Gasteiger partial charge in [-0.1, -0.05) is 11.6 Å². The van der Waals surface area contributed by atoms with E-state index in [4.69, 9.17) is 17.1 Å². The molecular weight excluding hydrogens is 198 g/mol. The number of allylic oxidation sites excluding steroid dienone is 3. The number of likely N-dealkylation sites (N-methyl/N-ethyl adjacent to an activating group) is 1. The van der Waals surface area contributed by atoms with Crippen LogP contribution in [0.5, 0.6) is 0 Å². The van der Waals surface area contributed by atoms with E-state index < -0.39 is 0 Å². The molecule has 0 amide bonds. The maximum atomic E-state index is 8.59. The largest absolute Gasteiger partial charge is 0.371 e. The molecule has 0 radical (unpaired) electrons. The highest BCUT2D eigenvalue weighted by atomic mass is 35.5. The van der Waals surface area contributed by atoms with Gasteiger partial charge in [-0.25, -0.2) is 0 Å². The Morgan fingerprint density at radius 3 is 2.57 bits per heavy atom. The quantitative estimate of drug-likeness (QED) is 0.522. The first-order chi connectivity index (χ1) is 6.72. The second-order valence-electron chi connectivity index (χ2n) is 3.05. The molecule has 0 aliphatic heterocycles. The van der Waals surface area contributed by atoms with Gasteiger partial charge in [0.1, 0.15) is 0 Å². The van der Waals surface area contributed by atoms with Gasteiger partial charge < -0.3 is 10.4 Å². The van der Waals surface area contributed by atoms with E-state index in [9.17, 15) is 0 Å². The number of rotatable bonds is 3. The number of halogens is 1. The maximum absolute atomic E-state index is 8.59. The van der Waals surface area contributed by atoms with Gasteiger partial charge in [0.05, 0.1) is 17.2 Å². The molecule has 0 aromatic rings. The normalized spacial score (nSPS) is 15.8. The van der Waals surface area contributed by atoms with Crippen molar-refractivity contribution in [2.75, 3.05) is 13.1 Å². The van der Waals surface area contributed by atoms with Crippen LogP contribution in [-0.4, -0.2) is 28.5 Å². The second kappa shape index (κ2) is 4.99. The summed E-state index contributed by atoms with van der Waals surface area (Å²) in [4.78, 5) is 5.31. The highest BCUT2D eigenvalue weighted by molar-refractivity contribution is 6.33. The molecule has 0 saturated carbocycles. The van der Waals surface area contributed by atoms with Crippen molar-refractivity contribution < 1.29 is 4.79 Å². The molecule has 0 heterocycles. The van der Waals surface area contributed by atoms with Gasteiger partial charge in [0.15, 0.2) is 0 Å². The Morgan fingerprint density at radius 2 is 2.14 bits per heavy atom. The number of hydrogen-bond donors (Lipinski definition) is 0. The van der Waals surface area contributed by atoms with Gasteiger partial charge in [0.25, 0.3) is 5.71 Å². The van der Waals surface area contributed by atoms with Crippen molar-refractivity contribution in [3.8, 4) is 0 Å². The van der Waals surface area contributed by atoms with E-state index in [1.807, 2.05) is 6.08 Å². The SMILES string of the molecule is CCN(CC)C1=CCC(=[N+]=[N-])C=C1Cl. The Labute approximate surface area is 89.3 Å². The van der Waals surface area contributed by atoms with Gasteiger partial charge in [0.2, 0.25) is 0 Å². The average Bonchev–Trinajstić information content (AvgIpc) is 2.22. The summed E-state index contributed by atoms with van der Waals surface area (Å²) in [6.07, 6.45) is 4.33. The molecular formula is C10H14ClN3. The van der Waals surface area contributed by atoms with Gasteiger partial charge in [-0.2, -0.15) is 4.79 Å². The van der Waals surface area contributed by atoms with Crippen molar-refractivity contribution in [1.82, 2.24) is 4.90 Å². The van der Waals surface area contributed by atoms with Crippen molar-refractivity contribution in [3.63, 3.8) is 0 Å². The summed E-state index contributed by atoms with van der Waals surface area (Å²) in [5.74, 6) is 0. The molecule has 0 spiro atoms. The summed E-state index contributed by atoms with van der Waals surface area (Å²) in [6, 6.07) is 0. The summed E-state index contributed by atoms with van der Waals surface area (Å²) in [5.41, 5.74) is 10.2. The fraction of sp³-hybridized carbons (Fsp3) is 0.500. The molecule has 3 nitrogen and oxygen atoms in total. The Kier molecular flexibility index (Phi) is 3.93. The van der Waals surface area contributed by atoms with Crippen LogP contribution in [0.25, 0.3) is 5.53 Å². The van der Waals surface area contributed by atoms with Crippen LogP contribution in [0.1, 0.15) is 20.3 Å². The van der Waals surface area contributed by atoms with Gasteiger partial charge in [-0.05, 0) is 19.9 Å². The standard InChI is InChI=1S/C10H14ClN3/c1-3-14(4-2)10-6-5-8(13-12)7-9(10)11/h6-7H,3-5H2,1-2H3. The smallest absolute Gasteiger partial charge is 0.297 e. The maximum Gasteiger partial charge on any atom is 0.297 e. The summed E-state index contributed by atoms with van der Waals surface area (Å²) >= 11 is 6.07. The van der Waals surface area contributed by atoms with Crippen LogP contribution in [-0.2, 0) is 0 Å². The molecule has 0 bridgehead atoms. The summed E-state index contributed by atoms with van der Waals surface area (Å²) in [7, 11) is 0. The Morgan fingerprint density at radius 1 is 1.50 bits per heavy atom. The molecule has 76 valence electrons. The van der Waals surface area contributed by atoms with Crippen molar-refractivity contribution in [1.29, 1.82) is 0 Å². The van der Waals surface area contributed by atoms with E-state index in [1.54, 1.807) is 6.08 Å². The first-order valence-corrected chi connectivity index (χ1v) is 5.14. The van der Waals surface area contributed by atoms with Gasteiger partial charge in [-0.3, -0.25) is 0 Å². The third-order valence-electron chi connectivity index (χ3n) is 2.28. The van der Waals surface area contributed by atoms with Crippen LogP contribution < -0.4 is 0 Å². The molecule has 0 aromatic carbocycles. The zero-order valence-corrected chi connectivity index (χ0v) is 9.25. The van der Waals surface area contributed by atoms with Crippen LogP contribution in [0.3, 0.4) is 0 Å². The minimum absolute atomic E-state index is 0.603. The summed E-state index contributed by atoms with van der Waals surface area (Å²) in [5, 5.41) is 0.646. The van der Waals surface area contributed by atoms with Gasteiger partial charge in [-0.15, -0.1) is 0 Å². The molecule has 0 fully saturated rings. The number of nitrogens with zero attached hydrogens (tertiary/aromatic N) is 3. The minimum atomic E-state index is 0.603. The Balaban J connectivity index is 2.89. The molecule has 0 atom stereocenters. The lowest BCUT2D eigenvalue weighted by Gasteiger charge is -2.25. The zero-order chi connectivity index (χ0) is 10.6. The average molecular weight is 212 g/mol. The first-order valence-electron chi connectivity index (χ1n) is 4.76. The monoisotopic (exact) mass is 211 g/mol. The topological polar surface area (TPSA) is 39.6 Å². The fourth-order valence-electron chi connectivity index (χ4n) is 1.49. The van der Waals surface area contributed by atoms with Gasteiger partial charge >= 0.3 is 0 Å². The van der Waals surface area contributed by atoms with Crippen LogP contribution in [0.2, 0.25) is 0 Å². The summed E-state index contributed by atoms with van der Waals surface area (Å²) < 4.78 is 0. The highest BCUT2D eigenvalue weighted by Crippen LogP contribution is 2.23. The third kappa shape index (κ3) is 2.25. The molecule has 1 aliphatic rings. The van der Waals surface area contributed by atoms with Crippen LogP contribution in [0.15, 0.2) is 22.9 Å². The Bertz CT molecular complexity index is 320. The zero-order valence-electron chi connectivity index (χ0n) is 8.50. The van der Waals surface area contributed by atoms with Crippen molar-refractivity contribution in [2.45, 2.75) is 20.3 Å². The molecule has 14 heavy (non-hydrogen) atoms. The number of hydrogen-bond acceptors (Lipinski definition) is 1. The van der Waals surface area contributed by atoms with E-state index in [0.717, 1.165) is 18.8 Å². The molecule has 0 unspecified atom stereocenters. The van der Waals surface area contributed by atoms with Crippen molar-refractivity contribution >= 4 is 17.3 Å². The van der Waals surface area contributed by atoms with E-state index in [2.05, 4.69) is 23.5 Å². The Hall–Kier alpha value is -1.05. The molecule has 1 rings (SSSR count). The predicted molar refractivity (Wildman–Crippen MR) is 58.2 cm³/mol. The summed E-state index contributed by atoms with van der Waals surface area (Å²) in [6.45, 7) is 6.03. The lowest BCUT2D eigenvalue weighted by Crippen LogP contribution is -2.24. The van der Waals surface area contributed by atoms with E-state index in [0.29, 0.717) is 17.2 Å². The predicted octanol–water partition coefficient (Wildman–Crippen LogP) is 2.41. The first kappa shape index (κ1) is 11.0. The highest BCUT2D eigenvalue weighted by Gasteiger charge is 2.17. The van der Waals surface area contributed by atoms with Crippen molar-refractivity contribution in [2.24, 2.45) is 0 Å². The second-order valence-corrected chi connectivity index (χ2v) is 3.46. The van der Waals surface area contributed by atoms with Crippen molar-refractivity contribution in [3.05, 3.63) is 28.4 Å². The lowest BCUT2D eigenvalue weighted by atomic mass is 10.1. The van der Waals surface area contributed by atoms with Crippen LogP contribution in [0, 0.1) is 0 Å². The van der Waals surface area contributed by atoms with Crippen LogP contribution in [0.4, 0.5) is 0 Å². The third-order valence-corrected chi connectivity index (χ3v) is 2.58. The van der Waals surface area contributed by atoms with Crippen LogP contribution >= 0.6 is 11.6 Å². The van der Waals surface area contributed by atoms with E-state index in [1.165, 1.54) is 0 Å². The molecule has 4 heteroatoms. The van der Waals surface area contributed by atoms with Gasteiger partial charge in [0, 0.05) is 19.2 Å². The molecule has 0 aromatic heterocycles. The molecule has 0 saturated heterocycles. The lowest BCUT2D eigenvalue weighted by molar-refractivity contribution is -0.00549. The fourth-order valence-corrected chi connectivity index (χ4v) is 1.81.